The fourth-order valence-corrected chi connectivity index (χ4v) is 1.76. The minimum absolute atomic E-state index is 0.425. The van der Waals surface area contributed by atoms with Gasteiger partial charge in [-0.25, -0.2) is 0 Å². The second kappa shape index (κ2) is 5.36. The van der Waals surface area contributed by atoms with E-state index in [2.05, 4.69) is 15.5 Å². The summed E-state index contributed by atoms with van der Waals surface area (Å²) in [6, 6.07) is 7.52. The third kappa shape index (κ3) is 2.63. The minimum Gasteiger partial charge on any atom is -0.496 e. The molecular formula is C14H14N4O. The number of aromatic nitrogens is 2. The Labute approximate surface area is 111 Å². The normalized spacial score (nSPS) is 9.79. The van der Waals surface area contributed by atoms with Crippen molar-refractivity contribution in [1.82, 2.24) is 10.2 Å². The molecule has 0 bridgehead atoms. The zero-order valence-electron chi connectivity index (χ0n) is 11.1. The molecule has 5 nitrogen and oxygen atoms in total. The summed E-state index contributed by atoms with van der Waals surface area (Å²) in [6.45, 7) is 4.07. The number of anilines is 1. The fraction of sp³-hybridized carbons (Fsp3) is 0.214. The number of aryl methyl sites for hydroxylation is 2. The molecule has 0 aliphatic rings. The van der Waals surface area contributed by atoms with Gasteiger partial charge in [0.25, 0.3) is 0 Å². The Morgan fingerprint density at radius 1 is 1.16 bits per heavy atom. The van der Waals surface area contributed by atoms with Crippen LogP contribution in [0.3, 0.4) is 0 Å². The zero-order valence-corrected chi connectivity index (χ0v) is 11.1. The van der Waals surface area contributed by atoms with Crippen LogP contribution < -0.4 is 10.1 Å². The van der Waals surface area contributed by atoms with E-state index >= 15 is 0 Å². The number of nitrogens with zero attached hydrogens (tertiary/aromatic N) is 3. The van der Waals surface area contributed by atoms with Gasteiger partial charge >= 0.3 is 0 Å². The Bertz CT molecular complexity index is 629. The quantitative estimate of drug-likeness (QED) is 0.673. The molecule has 0 fully saturated rings. The van der Waals surface area contributed by atoms with Gasteiger partial charge in [-0.15, -0.1) is 10.2 Å². The second-order valence-corrected chi connectivity index (χ2v) is 4.18. The van der Waals surface area contributed by atoms with Crippen molar-refractivity contribution in [3.63, 3.8) is 0 Å². The molecule has 2 rings (SSSR count). The lowest BCUT2D eigenvalue weighted by Gasteiger charge is -2.11. The molecule has 1 aromatic heterocycles. The smallest absolute Gasteiger partial charge is 0.182 e. The van der Waals surface area contributed by atoms with E-state index in [-0.39, 0.29) is 0 Å². The predicted octanol–water partition coefficient (Wildman–Crippen LogP) is 2.66. The van der Waals surface area contributed by atoms with Crippen LogP contribution in [-0.2, 0) is 0 Å². The van der Waals surface area contributed by atoms with Gasteiger partial charge in [0.05, 0.1) is 12.8 Å². The van der Waals surface area contributed by atoms with Gasteiger partial charge < -0.3 is 4.74 Å². The standard InChI is InChI=1S/C14H14N4O/c1-9-6-11(13(19-3)7-10(9)2)12-4-5-14(16-8-15)18-17-12/h4-7H,1-3H3,(H,16,18). The number of hydrogen-bond acceptors (Lipinski definition) is 5. The minimum atomic E-state index is 0.425. The summed E-state index contributed by atoms with van der Waals surface area (Å²) in [6.07, 6.45) is 1.81. The van der Waals surface area contributed by atoms with Crippen LogP contribution in [0.5, 0.6) is 5.75 Å². The van der Waals surface area contributed by atoms with Gasteiger partial charge in [0, 0.05) is 5.56 Å². The first-order chi connectivity index (χ1) is 9.15. The molecule has 0 amide bonds. The summed E-state index contributed by atoms with van der Waals surface area (Å²) in [4.78, 5) is 0. The van der Waals surface area contributed by atoms with Crippen LogP contribution in [-0.4, -0.2) is 17.3 Å². The number of methoxy groups -OCH3 is 1. The molecular weight excluding hydrogens is 240 g/mol. The van der Waals surface area contributed by atoms with Crippen LogP contribution in [0.2, 0.25) is 0 Å². The van der Waals surface area contributed by atoms with Crippen molar-refractivity contribution < 1.29 is 4.74 Å². The first-order valence-corrected chi connectivity index (χ1v) is 5.80. The highest BCUT2D eigenvalue weighted by molar-refractivity contribution is 5.69. The highest BCUT2D eigenvalue weighted by atomic mass is 16.5. The van der Waals surface area contributed by atoms with Crippen LogP contribution in [0, 0.1) is 25.3 Å². The number of benzene rings is 1. The third-order valence-corrected chi connectivity index (χ3v) is 2.94. The number of rotatable bonds is 3. The fourth-order valence-electron chi connectivity index (χ4n) is 1.76. The van der Waals surface area contributed by atoms with Gasteiger partial charge in [0.2, 0.25) is 0 Å². The Morgan fingerprint density at radius 2 is 1.89 bits per heavy atom. The Balaban J connectivity index is 2.46. The molecule has 1 heterocycles. The molecule has 2 aromatic rings. The molecule has 96 valence electrons. The summed E-state index contributed by atoms with van der Waals surface area (Å²) >= 11 is 0. The van der Waals surface area contributed by atoms with Crippen molar-refractivity contribution in [1.29, 1.82) is 5.26 Å². The van der Waals surface area contributed by atoms with Gasteiger partial charge in [0.1, 0.15) is 5.75 Å². The van der Waals surface area contributed by atoms with E-state index in [0.29, 0.717) is 11.5 Å². The van der Waals surface area contributed by atoms with Gasteiger partial charge in [-0.2, -0.15) is 5.26 Å². The number of hydrogen-bond donors (Lipinski definition) is 1. The summed E-state index contributed by atoms with van der Waals surface area (Å²) in [5.41, 5.74) is 3.93. The summed E-state index contributed by atoms with van der Waals surface area (Å²) in [7, 11) is 1.63. The SMILES string of the molecule is COc1cc(C)c(C)cc1-c1ccc(NC#N)nn1. The van der Waals surface area contributed by atoms with E-state index in [0.717, 1.165) is 22.4 Å². The van der Waals surface area contributed by atoms with Crippen LogP contribution in [0.25, 0.3) is 11.3 Å². The molecule has 19 heavy (non-hydrogen) atoms. The molecule has 0 spiro atoms. The molecule has 0 saturated carbocycles. The zero-order chi connectivity index (χ0) is 13.8. The largest absolute Gasteiger partial charge is 0.496 e. The third-order valence-electron chi connectivity index (χ3n) is 2.94. The van der Waals surface area contributed by atoms with E-state index in [1.165, 1.54) is 0 Å². The van der Waals surface area contributed by atoms with E-state index in [9.17, 15) is 0 Å². The maximum Gasteiger partial charge on any atom is 0.182 e. The van der Waals surface area contributed by atoms with E-state index < -0.39 is 0 Å². The lowest BCUT2D eigenvalue weighted by Crippen LogP contribution is -1.97. The molecule has 0 unspecified atom stereocenters. The van der Waals surface area contributed by atoms with Crippen molar-refractivity contribution in [3.05, 3.63) is 35.4 Å². The lowest BCUT2D eigenvalue weighted by molar-refractivity contribution is 0.416. The number of nitriles is 1. The molecule has 0 radical (unpaired) electrons. The summed E-state index contributed by atoms with van der Waals surface area (Å²) in [5.74, 6) is 1.19. The molecule has 0 atom stereocenters. The number of nitrogens with one attached hydrogen (secondary N) is 1. The van der Waals surface area contributed by atoms with Crippen LogP contribution in [0.15, 0.2) is 24.3 Å². The molecule has 1 aromatic carbocycles. The molecule has 0 aliphatic carbocycles. The maximum atomic E-state index is 8.51. The molecule has 5 heteroatoms. The van der Waals surface area contributed by atoms with Crippen molar-refractivity contribution in [2.24, 2.45) is 0 Å². The predicted molar refractivity (Wildman–Crippen MR) is 72.7 cm³/mol. The Hall–Kier alpha value is -2.61. The Kier molecular flexibility index (Phi) is 3.62. The van der Waals surface area contributed by atoms with Gasteiger partial charge in [-0.1, -0.05) is 0 Å². The van der Waals surface area contributed by atoms with E-state index in [1.807, 2.05) is 26.0 Å². The first kappa shape index (κ1) is 12.8. The van der Waals surface area contributed by atoms with Crippen molar-refractivity contribution >= 4 is 5.82 Å². The number of ether oxygens (including phenoxy) is 1. The second-order valence-electron chi connectivity index (χ2n) is 4.18. The van der Waals surface area contributed by atoms with Gasteiger partial charge in [-0.3, -0.25) is 5.32 Å². The lowest BCUT2D eigenvalue weighted by atomic mass is 10.0. The maximum absolute atomic E-state index is 8.51. The Morgan fingerprint density at radius 3 is 2.47 bits per heavy atom. The van der Waals surface area contributed by atoms with Crippen molar-refractivity contribution in [3.8, 4) is 23.2 Å². The van der Waals surface area contributed by atoms with Crippen LogP contribution in [0.4, 0.5) is 5.82 Å². The van der Waals surface area contributed by atoms with Crippen molar-refractivity contribution in [2.45, 2.75) is 13.8 Å². The molecule has 1 N–H and O–H groups in total. The monoisotopic (exact) mass is 254 g/mol. The highest BCUT2D eigenvalue weighted by Crippen LogP contribution is 2.31. The molecule has 0 saturated heterocycles. The average Bonchev–Trinajstić information content (AvgIpc) is 2.43. The van der Waals surface area contributed by atoms with E-state index in [4.69, 9.17) is 10.00 Å². The molecule has 0 aliphatic heterocycles. The summed E-state index contributed by atoms with van der Waals surface area (Å²) in [5, 5.41) is 19.0. The van der Waals surface area contributed by atoms with Crippen LogP contribution >= 0.6 is 0 Å². The topological polar surface area (TPSA) is 70.8 Å². The highest BCUT2D eigenvalue weighted by Gasteiger charge is 2.10. The average molecular weight is 254 g/mol. The first-order valence-electron chi connectivity index (χ1n) is 5.80. The van der Waals surface area contributed by atoms with Gasteiger partial charge in [0.15, 0.2) is 12.0 Å². The summed E-state index contributed by atoms with van der Waals surface area (Å²) < 4.78 is 5.38. The van der Waals surface area contributed by atoms with E-state index in [1.54, 1.807) is 25.4 Å². The van der Waals surface area contributed by atoms with Gasteiger partial charge in [-0.05, 0) is 49.2 Å². The van der Waals surface area contributed by atoms with Crippen LogP contribution in [0.1, 0.15) is 11.1 Å². The van der Waals surface area contributed by atoms with Crippen molar-refractivity contribution in [2.75, 3.05) is 12.4 Å².